The number of carbonyl (C=O) groups is 1. The van der Waals surface area contributed by atoms with Gasteiger partial charge in [0.1, 0.15) is 5.01 Å². The minimum atomic E-state index is -0.0248. The van der Waals surface area contributed by atoms with E-state index in [9.17, 15) is 4.79 Å². The number of thiophene rings is 1. The van der Waals surface area contributed by atoms with E-state index in [4.69, 9.17) is 4.98 Å². The monoisotopic (exact) mass is 421 g/mol. The van der Waals surface area contributed by atoms with Crippen molar-refractivity contribution < 1.29 is 4.79 Å². The maximum Gasteiger partial charge on any atom is 0.261 e. The number of piperidine rings is 1. The Morgan fingerprint density at radius 1 is 1.07 bits per heavy atom. The van der Waals surface area contributed by atoms with Gasteiger partial charge in [0.25, 0.3) is 5.91 Å². The van der Waals surface area contributed by atoms with Crippen LogP contribution in [0.2, 0.25) is 0 Å². The Morgan fingerprint density at radius 3 is 2.79 bits per heavy atom. The van der Waals surface area contributed by atoms with Crippen molar-refractivity contribution in [1.82, 2.24) is 20.3 Å². The van der Waals surface area contributed by atoms with E-state index in [0.29, 0.717) is 4.88 Å². The van der Waals surface area contributed by atoms with Crippen LogP contribution in [0.25, 0.3) is 20.1 Å². The fourth-order valence-corrected chi connectivity index (χ4v) is 5.47. The topological polar surface area (TPSA) is 71.0 Å². The number of para-hydroxylation sites is 1. The van der Waals surface area contributed by atoms with Crippen LogP contribution in [0.5, 0.6) is 0 Å². The Kier molecular flexibility index (Phi) is 4.95. The molecule has 1 aliphatic heterocycles. The minimum absolute atomic E-state index is 0.0248. The molecule has 0 aliphatic carbocycles. The highest BCUT2D eigenvalue weighted by Gasteiger charge is 2.24. The summed E-state index contributed by atoms with van der Waals surface area (Å²) in [4.78, 5) is 30.0. The lowest BCUT2D eigenvalue weighted by Gasteiger charge is -2.32. The summed E-state index contributed by atoms with van der Waals surface area (Å²) >= 11 is 3.15. The molecule has 0 spiro atoms. The van der Waals surface area contributed by atoms with E-state index >= 15 is 0 Å². The van der Waals surface area contributed by atoms with Crippen molar-refractivity contribution in [2.24, 2.45) is 0 Å². The second-order valence-electron chi connectivity index (χ2n) is 6.96. The highest BCUT2D eigenvalue weighted by Crippen LogP contribution is 2.34. The third-order valence-electron chi connectivity index (χ3n) is 4.93. The lowest BCUT2D eigenvalue weighted by atomic mass is 10.1. The first kappa shape index (κ1) is 18.2. The molecule has 0 radical (unpaired) electrons. The number of thiazole rings is 1. The number of fused-ring (bicyclic) bond motifs is 1. The first-order valence-electron chi connectivity index (χ1n) is 9.55. The Bertz CT molecular complexity index is 1110. The predicted molar refractivity (Wildman–Crippen MR) is 118 cm³/mol. The molecular weight excluding hydrogens is 402 g/mol. The lowest BCUT2D eigenvalue weighted by Crippen LogP contribution is -2.48. The standard InChI is InChI=1S/C21H19N5OS2/c27-19(24-14-5-3-12-26(13-14)21-22-10-4-11-23-21)17-8-9-18(28-17)20-25-15-6-1-2-7-16(15)29-20/h1-2,4,6-11,14H,3,5,12-13H2,(H,24,27). The third kappa shape index (κ3) is 3.86. The molecule has 1 aromatic carbocycles. The molecule has 8 heteroatoms. The summed E-state index contributed by atoms with van der Waals surface area (Å²) in [6.07, 6.45) is 5.47. The highest BCUT2D eigenvalue weighted by molar-refractivity contribution is 7.26. The van der Waals surface area contributed by atoms with Gasteiger partial charge in [0.15, 0.2) is 0 Å². The maximum atomic E-state index is 12.8. The molecule has 4 aromatic rings. The highest BCUT2D eigenvalue weighted by atomic mass is 32.1. The maximum absolute atomic E-state index is 12.8. The molecule has 1 atom stereocenters. The van der Waals surface area contributed by atoms with Gasteiger partial charge in [-0.25, -0.2) is 15.0 Å². The van der Waals surface area contributed by atoms with Crippen molar-refractivity contribution in [2.75, 3.05) is 18.0 Å². The molecule has 5 rings (SSSR count). The van der Waals surface area contributed by atoms with Gasteiger partial charge in [0, 0.05) is 31.5 Å². The van der Waals surface area contributed by atoms with Gasteiger partial charge in [-0.3, -0.25) is 4.79 Å². The summed E-state index contributed by atoms with van der Waals surface area (Å²) in [5, 5.41) is 4.14. The van der Waals surface area contributed by atoms with Gasteiger partial charge in [-0.1, -0.05) is 12.1 Å². The second-order valence-corrected chi connectivity index (χ2v) is 9.07. The van der Waals surface area contributed by atoms with Crippen LogP contribution in [-0.4, -0.2) is 40.0 Å². The van der Waals surface area contributed by atoms with Crippen LogP contribution in [0, 0.1) is 0 Å². The smallest absolute Gasteiger partial charge is 0.261 e. The van der Waals surface area contributed by atoms with Gasteiger partial charge >= 0.3 is 0 Å². The number of carbonyl (C=O) groups excluding carboxylic acids is 1. The number of rotatable bonds is 4. The summed E-state index contributed by atoms with van der Waals surface area (Å²) in [5.74, 6) is 0.698. The first-order valence-corrected chi connectivity index (χ1v) is 11.2. The van der Waals surface area contributed by atoms with Crippen molar-refractivity contribution in [2.45, 2.75) is 18.9 Å². The predicted octanol–water partition coefficient (Wildman–Crippen LogP) is 4.21. The van der Waals surface area contributed by atoms with Crippen LogP contribution in [0.3, 0.4) is 0 Å². The van der Waals surface area contributed by atoms with Crippen molar-refractivity contribution >= 4 is 44.7 Å². The van der Waals surface area contributed by atoms with Crippen LogP contribution in [0.4, 0.5) is 5.95 Å². The Balaban J connectivity index is 1.28. The molecule has 146 valence electrons. The molecule has 1 unspecified atom stereocenters. The molecule has 29 heavy (non-hydrogen) atoms. The molecule has 1 aliphatic rings. The molecule has 0 bridgehead atoms. The Hall–Kier alpha value is -2.84. The number of aromatic nitrogens is 3. The number of hydrogen-bond acceptors (Lipinski definition) is 7. The lowest BCUT2D eigenvalue weighted by molar-refractivity contribution is 0.0937. The molecule has 3 aromatic heterocycles. The fraction of sp³-hybridized carbons (Fsp3) is 0.238. The Morgan fingerprint density at radius 2 is 1.93 bits per heavy atom. The zero-order valence-electron chi connectivity index (χ0n) is 15.6. The number of benzene rings is 1. The van der Waals surface area contributed by atoms with Crippen molar-refractivity contribution in [3.8, 4) is 9.88 Å². The van der Waals surface area contributed by atoms with Crippen molar-refractivity contribution in [3.63, 3.8) is 0 Å². The molecular formula is C21H19N5OS2. The molecule has 1 fully saturated rings. The number of hydrogen-bond donors (Lipinski definition) is 1. The molecule has 4 heterocycles. The van der Waals surface area contributed by atoms with Gasteiger partial charge < -0.3 is 10.2 Å². The van der Waals surface area contributed by atoms with Gasteiger partial charge in [0.05, 0.1) is 20.0 Å². The van der Waals surface area contributed by atoms with E-state index < -0.39 is 0 Å². The summed E-state index contributed by atoms with van der Waals surface area (Å²) in [7, 11) is 0. The average Bonchev–Trinajstić information content (AvgIpc) is 3.42. The molecule has 1 amide bonds. The Labute approximate surface area is 176 Å². The first-order chi connectivity index (χ1) is 14.3. The van der Waals surface area contributed by atoms with E-state index in [-0.39, 0.29) is 11.9 Å². The van der Waals surface area contributed by atoms with Crippen LogP contribution in [-0.2, 0) is 0 Å². The number of nitrogens with one attached hydrogen (secondary N) is 1. The second kappa shape index (κ2) is 7.88. The number of nitrogens with zero attached hydrogens (tertiary/aromatic N) is 4. The van der Waals surface area contributed by atoms with Crippen molar-refractivity contribution in [1.29, 1.82) is 0 Å². The van der Waals surface area contributed by atoms with Crippen LogP contribution in [0.15, 0.2) is 54.9 Å². The van der Waals surface area contributed by atoms with Gasteiger partial charge in [-0.2, -0.15) is 0 Å². The molecule has 1 N–H and O–H groups in total. The fourth-order valence-electron chi connectivity index (χ4n) is 3.54. The number of amides is 1. The van der Waals surface area contributed by atoms with E-state index in [0.717, 1.165) is 52.0 Å². The normalized spacial score (nSPS) is 16.8. The van der Waals surface area contributed by atoms with Gasteiger partial charge in [-0.05, 0) is 43.2 Å². The third-order valence-corrected chi connectivity index (χ3v) is 7.22. The molecule has 1 saturated heterocycles. The quantitative estimate of drug-likeness (QED) is 0.534. The summed E-state index contributed by atoms with van der Waals surface area (Å²) < 4.78 is 1.16. The minimum Gasteiger partial charge on any atom is -0.347 e. The van der Waals surface area contributed by atoms with E-state index in [1.807, 2.05) is 36.4 Å². The SMILES string of the molecule is O=C(NC1CCCN(c2ncccn2)C1)c1ccc(-c2nc3ccccc3s2)s1. The van der Waals surface area contributed by atoms with E-state index in [2.05, 4.69) is 26.3 Å². The molecule has 0 saturated carbocycles. The zero-order valence-corrected chi connectivity index (χ0v) is 17.2. The largest absolute Gasteiger partial charge is 0.347 e. The van der Waals surface area contributed by atoms with Crippen LogP contribution >= 0.6 is 22.7 Å². The van der Waals surface area contributed by atoms with Crippen LogP contribution in [0.1, 0.15) is 22.5 Å². The number of anilines is 1. The summed E-state index contributed by atoms with van der Waals surface area (Å²) in [5.41, 5.74) is 0.998. The average molecular weight is 422 g/mol. The van der Waals surface area contributed by atoms with E-state index in [1.54, 1.807) is 23.7 Å². The summed E-state index contributed by atoms with van der Waals surface area (Å²) in [6.45, 7) is 1.64. The molecule has 6 nitrogen and oxygen atoms in total. The van der Waals surface area contributed by atoms with E-state index in [1.165, 1.54) is 11.3 Å². The van der Waals surface area contributed by atoms with Crippen molar-refractivity contribution in [3.05, 3.63) is 59.7 Å². The van der Waals surface area contributed by atoms with Gasteiger partial charge in [0.2, 0.25) is 5.95 Å². The summed E-state index contributed by atoms with van der Waals surface area (Å²) in [6, 6.07) is 13.9. The van der Waals surface area contributed by atoms with Crippen LogP contribution < -0.4 is 10.2 Å². The van der Waals surface area contributed by atoms with Gasteiger partial charge in [-0.15, -0.1) is 22.7 Å². The zero-order chi connectivity index (χ0) is 19.6.